The number of piperazine rings is 1. The third-order valence-electron chi connectivity index (χ3n) is 11.4. The number of aliphatic hydroxyl groups excluding tert-OH is 1. The molecular formula is C48H54N6O7. The van der Waals surface area contributed by atoms with Crippen LogP contribution in [0.15, 0.2) is 121 Å². The first-order valence-corrected chi connectivity index (χ1v) is 21.0. The molecule has 13 heteroatoms. The second-order valence-corrected chi connectivity index (χ2v) is 15.7. The number of carbonyl (C=O) groups is 2. The van der Waals surface area contributed by atoms with Crippen LogP contribution in [0.2, 0.25) is 0 Å². The first-order chi connectivity index (χ1) is 29.7. The number of hydrogen-bond acceptors (Lipinski definition) is 10. The molecule has 0 aromatic heterocycles. The van der Waals surface area contributed by atoms with Crippen LogP contribution in [0.5, 0.6) is 0 Å². The number of amides is 2. The molecule has 0 saturated carbocycles. The second-order valence-electron chi connectivity index (χ2n) is 15.7. The third-order valence-corrected chi connectivity index (χ3v) is 11.4. The number of non-ortho nitro benzene ring substituents is 1. The number of nitro benzene ring substituents is 1. The molecule has 3 atom stereocenters. The van der Waals surface area contributed by atoms with Gasteiger partial charge < -0.3 is 35.8 Å². The number of nitrogen functional groups attached to an aromatic ring is 1. The van der Waals surface area contributed by atoms with Crippen molar-refractivity contribution >= 4 is 34.6 Å². The van der Waals surface area contributed by atoms with Gasteiger partial charge in [-0.25, -0.2) is 0 Å². The number of anilines is 3. The zero-order valence-electron chi connectivity index (χ0n) is 34.3. The fraction of sp³-hybridized carbons (Fsp3) is 0.333. The molecule has 0 spiro atoms. The minimum Gasteiger partial charge on any atom is -0.397 e. The van der Waals surface area contributed by atoms with Gasteiger partial charge in [0, 0.05) is 81.9 Å². The molecule has 2 saturated heterocycles. The minimum absolute atomic E-state index is 0.0244. The molecule has 0 radical (unpaired) electrons. The van der Waals surface area contributed by atoms with Gasteiger partial charge in [-0.1, -0.05) is 91.3 Å². The average molecular weight is 827 g/mol. The summed E-state index contributed by atoms with van der Waals surface area (Å²) in [6.45, 7) is 4.38. The van der Waals surface area contributed by atoms with Crippen molar-refractivity contribution in [2.75, 3.05) is 48.7 Å². The van der Waals surface area contributed by atoms with Crippen molar-refractivity contribution in [2.24, 2.45) is 0 Å². The normalized spacial score (nSPS) is 18.0. The van der Waals surface area contributed by atoms with Crippen LogP contribution in [0.1, 0.15) is 73.2 Å². The van der Waals surface area contributed by atoms with Crippen LogP contribution in [-0.4, -0.2) is 65.6 Å². The fourth-order valence-corrected chi connectivity index (χ4v) is 7.92. The summed E-state index contributed by atoms with van der Waals surface area (Å²) in [5.41, 5.74) is 13.9. The van der Waals surface area contributed by atoms with Crippen molar-refractivity contribution in [2.45, 2.75) is 70.2 Å². The van der Waals surface area contributed by atoms with E-state index in [4.69, 9.17) is 15.2 Å². The van der Waals surface area contributed by atoms with Gasteiger partial charge in [0.2, 0.25) is 11.8 Å². The van der Waals surface area contributed by atoms with Crippen molar-refractivity contribution in [1.82, 2.24) is 10.2 Å². The lowest BCUT2D eigenvalue weighted by atomic mass is 9.97. The average Bonchev–Trinajstić information content (AvgIpc) is 3.29. The Hall–Kier alpha value is -6.12. The highest BCUT2D eigenvalue weighted by Crippen LogP contribution is 2.39. The van der Waals surface area contributed by atoms with Gasteiger partial charge in [0.05, 0.1) is 35.1 Å². The number of nitrogens with two attached hydrogens (primary N) is 1. The number of para-hydroxylation sites is 2. The van der Waals surface area contributed by atoms with E-state index in [-0.39, 0.29) is 41.2 Å². The molecule has 61 heavy (non-hydrogen) atoms. The van der Waals surface area contributed by atoms with E-state index in [9.17, 15) is 24.8 Å². The van der Waals surface area contributed by atoms with E-state index < -0.39 is 6.29 Å². The summed E-state index contributed by atoms with van der Waals surface area (Å²) in [6, 6.07) is 38.1. The van der Waals surface area contributed by atoms with Gasteiger partial charge in [-0.05, 0) is 64.9 Å². The zero-order chi connectivity index (χ0) is 42.6. The lowest BCUT2D eigenvalue weighted by molar-refractivity contribution is -0.384. The Kier molecular flexibility index (Phi) is 14.7. The van der Waals surface area contributed by atoms with Crippen LogP contribution in [-0.2, 0) is 32.2 Å². The smallest absolute Gasteiger partial charge is 0.269 e. The van der Waals surface area contributed by atoms with Gasteiger partial charge in [0.15, 0.2) is 6.29 Å². The summed E-state index contributed by atoms with van der Waals surface area (Å²) >= 11 is 0. The van der Waals surface area contributed by atoms with Crippen molar-refractivity contribution in [3.8, 4) is 11.1 Å². The van der Waals surface area contributed by atoms with E-state index in [1.807, 2.05) is 78.9 Å². The molecule has 0 bridgehead atoms. The Labute approximate surface area is 356 Å². The van der Waals surface area contributed by atoms with E-state index in [1.54, 1.807) is 24.3 Å². The Morgan fingerprint density at radius 2 is 1.44 bits per heavy atom. The number of nitrogens with zero attached hydrogens (tertiary/aromatic N) is 3. The van der Waals surface area contributed by atoms with Crippen LogP contribution >= 0.6 is 0 Å². The van der Waals surface area contributed by atoms with Crippen molar-refractivity contribution in [3.05, 3.63) is 154 Å². The third kappa shape index (κ3) is 11.8. The highest BCUT2D eigenvalue weighted by Gasteiger charge is 2.34. The molecule has 318 valence electrons. The summed E-state index contributed by atoms with van der Waals surface area (Å²) in [5, 5.41) is 26.7. The van der Waals surface area contributed by atoms with E-state index in [0.717, 1.165) is 78.2 Å². The molecule has 2 amide bonds. The van der Waals surface area contributed by atoms with Crippen molar-refractivity contribution in [1.29, 1.82) is 0 Å². The Bertz CT molecular complexity index is 2230. The molecular weight excluding hydrogens is 773 g/mol. The maximum Gasteiger partial charge on any atom is 0.269 e. The number of unbranched alkanes of at least 4 members (excludes halogenated alkanes) is 2. The summed E-state index contributed by atoms with van der Waals surface area (Å²) < 4.78 is 13.3. The lowest BCUT2D eigenvalue weighted by Crippen LogP contribution is -2.49. The number of hydrogen-bond donors (Lipinski definition) is 4. The first-order valence-electron chi connectivity index (χ1n) is 21.0. The number of benzene rings is 5. The molecule has 0 aliphatic carbocycles. The van der Waals surface area contributed by atoms with Gasteiger partial charge >= 0.3 is 0 Å². The van der Waals surface area contributed by atoms with Gasteiger partial charge in [0.1, 0.15) is 0 Å². The molecule has 2 aliphatic heterocycles. The molecule has 0 unspecified atom stereocenters. The Morgan fingerprint density at radius 3 is 2.15 bits per heavy atom. The van der Waals surface area contributed by atoms with Gasteiger partial charge in [-0.2, -0.15) is 0 Å². The van der Waals surface area contributed by atoms with Gasteiger partial charge in [0.25, 0.3) is 5.69 Å². The SMILES string of the molecule is Nc1ccccc1NC(=O)CCCCCC(=O)NCc1ccccc1-c1ccc([C@H]2O[C@@H](CN3CCN(c4ccc([N+](=O)[O-])cc4)CC3)C[C@@H](c3ccc(CO)cc3)O2)cc1. The van der Waals surface area contributed by atoms with E-state index in [1.165, 1.54) is 0 Å². The lowest BCUT2D eigenvalue weighted by Gasteiger charge is -2.41. The number of nitrogens with one attached hydrogen (secondary N) is 2. The molecule has 7 rings (SSSR count). The number of nitro groups is 1. The van der Waals surface area contributed by atoms with E-state index in [2.05, 4.69) is 38.6 Å². The first kappa shape index (κ1) is 43.0. The molecule has 5 aromatic rings. The number of carbonyl (C=O) groups excluding carboxylic acids is 2. The zero-order valence-corrected chi connectivity index (χ0v) is 34.3. The summed E-state index contributed by atoms with van der Waals surface area (Å²) in [7, 11) is 0. The van der Waals surface area contributed by atoms with Crippen LogP contribution in [0, 0.1) is 10.1 Å². The summed E-state index contributed by atoms with van der Waals surface area (Å²) in [5.74, 6) is -0.116. The molecule has 5 N–H and O–H groups in total. The van der Waals surface area contributed by atoms with Crippen LogP contribution < -0.4 is 21.3 Å². The number of rotatable bonds is 17. The Balaban J connectivity index is 0.931. The predicted octanol–water partition coefficient (Wildman–Crippen LogP) is 7.91. The number of ether oxygens (including phenoxy) is 2. The van der Waals surface area contributed by atoms with Crippen molar-refractivity contribution < 1.29 is 29.1 Å². The molecule has 5 aromatic carbocycles. The fourth-order valence-electron chi connectivity index (χ4n) is 7.92. The van der Waals surface area contributed by atoms with Crippen molar-refractivity contribution in [3.63, 3.8) is 0 Å². The second kappa shape index (κ2) is 20.9. The highest BCUT2D eigenvalue weighted by molar-refractivity contribution is 5.93. The van der Waals surface area contributed by atoms with Crippen LogP contribution in [0.25, 0.3) is 11.1 Å². The van der Waals surface area contributed by atoms with E-state index in [0.29, 0.717) is 50.0 Å². The molecule has 2 heterocycles. The largest absolute Gasteiger partial charge is 0.397 e. The highest BCUT2D eigenvalue weighted by atomic mass is 16.7. The maximum absolute atomic E-state index is 12.8. The topological polar surface area (TPSA) is 173 Å². The quantitative estimate of drug-likeness (QED) is 0.0313. The summed E-state index contributed by atoms with van der Waals surface area (Å²) in [4.78, 5) is 40.5. The van der Waals surface area contributed by atoms with E-state index >= 15 is 0 Å². The minimum atomic E-state index is -0.594. The standard InChI is InChI=1S/C48H54N6O7/c49-43-10-6-7-11-44(43)51-47(57)13-3-1-2-12-46(56)50-31-38-8-4-5-9-42(38)35-18-20-37(21-19-35)48-60-41(30-45(61-48)36-16-14-34(33-55)15-17-36)32-52-26-28-53(29-27-52)39-22-24-40(25-23-39)54(58)59/h4-11,14-25,41,45,48,55H,1-3,12-13,26-33,49H2,(H,50,56)(H,51,57)/t41-,45+,48+/m1/s1. The predicted molar refractivity (Wildman–Crippen MR) is 236 cm³/mol. The van der Waals surface area contributed by atoms with Crippen LogP contribution in [0.4, 0.5) is 22.7 Å². The Morgan fingerprint density at radius 1 is 0.770 bits per heavy atom. The van der Waals surface area contributed by atoms with Gasteiger partial charge in [-0.3, -0.25) is 24.6 Å². The number of aliphatic hydroxyl groups is 1. The van der Waals surface area contributed by atoms with Crippen LogP contribution in [0.3, 0.4) is 0 Å². The molecule has 2 aliphatic rings. The van der Waals surface area contributed by atoms with Gasteiger partial charge in [-0.15, -0.1) is 0 Å². The maximum atomic E-state index is 12.8. The molecule has 13 nitrogen and oxygen atoms in total. The summed E-state index contributed by atoms with van der Waals surface area (Å²) in [6.07, 6.45) is 2.67. The monoisotopic (exact) mass is 826 g/mol. The molecule has 2 fully saturated rings.